The van der Waals surface area contributed by atoms with Gasteiger partial charge in [0.1, 0.15) is 12.2 Å². The molecule has 17 heavy (non-hydrogen) atoms. The lowest BCUT2D eigenvalue weighted by Crippen LogP contribution is -2.09. The second-order valence-electron chi connectivity index (χ2n) is 2.34. The molecular formula is C9H15BN2O5. The van der Waals surface area contributed by atoms with E-state index in [4.69, 9.17) is 1.37 Å². The lowest BCUT2D eigenvalue weighted by Gasteiger charge is -2.02. The highest BCUT2D eigenvalue weighted by atomic mass is 16.5. The molecule has 0 saturated carbocycles. The molecule has 0 fully saturated rings. The number of rotatable bonds is 4. The van der Waals surface area contributed by atoms with Crippen LogP contribution in [0.4, 0.5) is 0 Å². The van der Waals surface area contributed by atoms with Crippen LogP contribution in [0.5, 0.6) is 0 Å². The van der Waals surface area contributed by atoms with Crippen molar-refractivity contribution in [2.45, 2.75) is 13.2 Å². The number of aliphatic hydroxyl groups excluding tert-OH is 1. The summed E-state index contributed by atoms with van der Waals surface area (Å²) in [5, 5.41) is 16.0. The number of methoxy groups -OCH3 is 2. The summed E-state index contributed by atoms with van der Waals surface area (Å²) < 4.78 is 14.6. The van der Waals surface area contributed by atoms with Gasteiger partial charge in [0.25, 0.3) is 0 Å². The van der Waals surface area contributed by atoms with Crippen molar-refractivity contribution in [3.63, 3.8) is 0 Å². The van der Waals surface area contributed by atoms with Crippen LogP contribution in [0.2, 0.25) is 6.80 Å². The van der Waals surface area contributed by atoms with Gasteiger partial charge in [-0.25, -0.2) is 4.79 Å². The predicted octanol–water partition coefficient (Wildman–Crippen LogP) is 0.777. The summed E-state index contributed by atoms with van der Waals surface area (Å²) in [7, 11) is 8.11. The average molecular weight is 243 g/mol. The van der Waals surface area contributed by atoms with Crippen molar-refractivity contribution >= 4 is 19.8 Å². The highest BCUT2D eigenvalue weighted by molar-refractivity contribution is 6.05. The number of carbonyl (C=O) groups is 2. The minimum absolute atomic E-state index is 0. The normalized spacial score (nSPS) is 11.8. The van der Waals surface area contributed by atoms with Crippen LogP contribution in [0, 0.1) is 0 Å². The zero-order chi connectivity index (χ0) is 14.6. The molecule has 0 rings (SSSR count). The average Bonchev–Trinajstić information content (AvgIpc) is 2.35. The van der Waals surface area contributed by atoms with Crippen molar-refractivity contribution in [2.24, 2.45) is 10.2 Å². The van der Waals surface area contributed by atoms with Crippen LogP contribution in [0.1, 0.15) is 7.79 Å². The van der Waals surface area contributed by atoms with Crippen molar-refractivity contribution in [3.05, 3.63) is 11.5 Å². The standard InChI is InChI=1S/C8H12N2O5.CH3B/c1-9-10-7(8(13)15-3)5(11)4-6(12)14-2;1-2/h11H,4H2,1-3H3;1H3/i;1D. The third-order valence-corrected chi connectivity index (χ3v) is 1.39. The molecule has 0 amide bonds. The van der Waals surface area contributed by atoms with Crippen LogP contribution in [0.25, 0.3) is 0 Å². The van der Waals surface area contributed by atoms with E-state index in [-0.39, 0.29) is 6.80 Å². The van der Waals surface area contributed by atoms with Gasteiger partial charge < -0.3 is 14.6 Å². The van der Waals surface area contributed by atoms with Gasteiger partial charge in [0.15, 0.2) is 0 Å². The Kier molecular flexibility index (Phi) is 9.49. The Morgan fingerprint density at radius 1 is 1.41 bits per heavy atom. The largest absolute Gasteiger partial charge is 0.509 e. The first-order valence-corrected chi connectivity index (χ1v) is 4.34. The summed E-state index contributed by atoms with van der Waals surface area (Å²) >= 11 is 0. The number of carbonyl (C=O) groups excluding carboxylic acids is 2. The molecular weight excluding hydrogens is 227 g/mol. The lowest BCUT2D eigenvalue weighted by molar-refractivity contribution is -0.140. The highest BCUT2D eigenvalue weighted by Gasteiger charge is 2.18. The van der Waals surface area contributed by atoms with E-state index in [1.54, 1.807) is 0 Å². The first-order chi connectivity index (χ1) is 8.48. The van der Waals surface area contributed by atoms with E-state index in [0.29, 0.717) is 0 Å². The number of nitrogens with zero attached hydrogens (tertiary/aromatic N) is 2. The first-order valence-electron chi connectivity index (χ1n) is 5.05. The fourth-order valence-corrected chi connectivity index (χ4v) is 0.706. The van der Waals surface area contributed by atoms with Gasteiger partial charge in [0, 0.05) is 8.42 Å². The third kappa shape index (κ3) is 7.10. The molecule has 0 aromatic carbocycles. The molecule has 0 aromatic heterocycles. The maximum atomic E-state index is 11.1. The molecule has 0 aromatic rings. The van der Waals surface area contributed by atoms with E-state index in [9.17, 15) is 14.7 Å². The Labute approximate surface area is 102 Å². The van der Waals surface area contributed by atoms with Crippen molar-refractivity contribution in [3.8, 4) is 0 Å². The molecule has 2 radical (unpaired) electrons. The second kappa shape index (κ2) is 10.7. The number of ether oxygens (including phenoxy) is 2. The van der Waals surface area contributed by atoms with Crippen molar-refractivity contribution in [1.29, 1.82) is 0 Å². The summed E-state index contributed by atoms with van der Waals surface area (Å²) in [6.07, 6.45) is -0.458. The van der Waals surface area contributed by atoms with Gasteiger partial charge in [-0.15, -0.1) is 5.11 Å². The van der Waals surface area contributed by atoms with Gasteiger partial charge in [0.2, 0.25) is 5.70 Å². The van der Waals surface area contributed by atoms with E-state index in [2.05, 4.69) is 27.5 Å². The maximum absolute atomic E-state index is 11.1. The number of aliphatic hydroxyl groups is 1. The first kappa shape index (κ1) is 15.1. The highest BCUT2D eigenvalue weighted by Crippen LogP contribution is 2.10. The number of hydrogen-bond donors (Lipinski definition) is 1. The minimum Gasteiger partial charge on any atom is -0.509 e. The van der Waals surface area contributed by atoms with Crippen LogP contribution in [0.3, 0.4) is 0 Å². The van der Waals surface area contributed by atoms with Crippen LogP contribution < -0.4 is 0 Å². The van der Waals surface area contributed by atoms with Gasteiger partial charge in [-0.3, -0.25) is 4.79 Å². The Balaban J connectivity index is 0. The number of esters is 2. The van der Waals surface area contributed by atoms with Crippen molar-refractivity contribution in [2.75, 3.05) is 21.3 Å². The number of azo groups is 1. The third-order valence-electron chi connectivity index (χ3n) is 1.39. The Morgan fingerprint density at radius 3 is 2.29 bits per heavy atom. The summed E-state index contributed by atoms with van der Waals surface area (Å²) in [6.45, 7) is 0. The van der Waals surface area contributed by atoms with Crippen LogP contribution in [-0.4, -0.2) is 46.2 Å². The molecule has 0 aliphatic heterocycles. The predicted molar refractivity (Wildman–Crippen MR) is 60.7 cm³/mol. The summed E-state index contributed by atoms with van der Waals surface area (Å²) in [4.78, 5) is 21.9. The fraction of sp³-hybridized carbons (Fsp3) is 0.556. The monoisotopic (exact) mass is 243 g/mol. The fourth-order valence-electron chi connectivity index (χ4n) is 0.706. The molecule has 8 heteroatoms. The Hall–Kier alpha value is -1.86. The van der Waals surface area contributed by atoms with E-state index in [1.807, 2.05) is 0 Å². The minimum atomic E-state index is -0.873. The number of hydrogen-bond acceptors (Lipinski definition) is 7. The van der Waals surface area contributed by atoms with Gasteiger partial charge in [-0.05, 0) is 0 Å². The zero-order valence-electron chi connectivity index (χ0n) is 11.0. The molecule has 7 nitrogen and oxygen atoms in total. The summed E-state index contributed by atoms with van der Waals surface area (Å²) in [5.74, 6) is -2.11. The molecule has 0 heterocycles. The molecule has 0 atom stereocenters. The summed E-state index contributed by atoms with van der Waals surface area (Å²) in [6, 6.07) is 0. The van der Waals surface area contributed by atoms with Gasteiger partial charge in [-0.1, -0.05) is 6.80 Å². The smallest absolute Gasteiger partial charge is 0.362 e. The van der Waals surface area contributed by atoms with E-state index in [1.165, 1.54) is 7.05 Å². The molecule has 0 aliphatic rings. The zero-order valence-corrected chi connectivity index (χ0v) is 9.97. The molecule has 0 aliphatic carbocycles. The van der Waals surface area contributed by atoms with E-state index >= 15 is 0 Å². The van der Waals surface area contributed by atoms with Crippen molar-refractivity contribution in [1.82, 2.24) is 0 Å². The second-order valence-corrected chi connectivity index (χ2v) is 2.34. The molecule has 0 unspecified atom stereocenters. The Bertz CT molecular complexity index is 333. The Morgan fingerprint density at radius 2 is 1.94 bits per heavy atom. The lowest BCUT2D eigenvalue weighted by atomic mass is 10.2. The molecule has 0 saturated heterocycles. The molecule has 0 bridgehead atoms. The van der Waals surface area contributed by atoms with Crippen LogP contribution >= 0.6 is 0 Å². The van der Waals surface area contributed by atoms with E-state index < -0.39 is 29.8 Å². The molecule has 1 N–H and O–H groups in total. The topological polar surface area (TPSA) is 97.5 Å². The van der Waals surface area contributed by atoms with Gasteiger partial charge >= 0.3 is 11.9 Å². The van der Waals surface area contributed by atoms with Crippen molar-refractivity contribution < 1.29 is 25.5 Å². The van der Waals surface area contributed by atoms with Crippen LogP contribution in [0.15, 0.2) is 21.7 Å². The van der Waals surface area contributed by atoms with Crippen LogP contribution in [-0.2, 0) is 19.1 Å². The molecule has 94 valence electrons. The molecule has 0 spiro atoms. The van der Waals surface area contributed by atoms with Gasteiger partial charge in [-0.2, -0.15) is 5.11 Å². The maximum Gasteiger partial charge on any atom is 0.362 e. The SMILES string of the molecule is CN=NC(C(=O)OC)=C(O)CC(=O)OC.[2H]C[B]. The quantitative estimate of drug-likeness (QED) is 0.258. The van der Waals surface area contributed by atoms with Gasteiger partial charge in [0.05, 0.1) is 22.1 Å². The summed E-state index contributed by atoms with van der Waals surface area (Å²) in [5.41, 5.74) is -0.412. The van der Waals surface area contributed by atoms with E-state index in [0.717, 1.165) is 14.2 Å².